The Morgan fingerprint density at radius 3 is 2.38 bits per heavy atom. The van der Waals surface area contributed by atoms with Gasteiger partial charge < -0.3 is 31.0 Å². The van der Waals surface area contributed by atoms with E-state index in [9.17, 15) is 14.4 Å². The van der Waals surface area contributed by atoms with E-state index in [0.29, 0.717) is 54.7 Å². The summed E-state index contributed by atoms with van der Waals surface area (Å²) in [7, 11) is 0. The Morgan fingerprint density at radius 2 is 1.77 bits per heavy atom. The van der Waals surface area contributed by atoms with Gasteiger partial charge in [-0.05, 0) is 68.6 Å². The summed E-state index contributed by atoms with van der Waals surface area (Å²) < 4.78 is 21.0. The Hall–Kier alpha value is -4.32. The molecule has 4 rings (SSSR count). The molecule has 0 aliphatic carbocycles. The highest BCUT2D eigenvalue weighted by molar-refractivity contribution is 7.09. The second-order valence-electron chi connectivity index (χ2n) is 9.77. The molecule has 0 spiro atoms. The highest BCUT2D eigenvalue weighted by atomic mass is 32.1. The molecule has 1 aliphatic rings. The monoisotopic (exact) mass is 567 g/mol. The van der Waals surface area contributed by atoms with Crippen LogP contribution in [0.2, 0.25) is 0 Å². The summed E-state index contributed by atoms with van der Waals surface area (Å²) in [5, 5.41) is 3.06. The average molecular weight is 568 g/mol. The molecule has 0 fully saturated rings. The third kappa shape index (κ3) is 5.96. The molecule has 11 nitrogen and oxygen atoms in total. The van der Waals surface area contributed by atoms with E-state index in [1.165, 1.54) is 4.90 Å². The highest BCUT2D eigenvalue weighted by Crippen LogP contribution is 2.39. The largest absolute Gasteiger partial charge is 0.494 e. The summed E-state index contributed by atoms with van der Waals surface area (Å²) >= 11 is 0.741. The van der Waals surface area contributed by atoms with Gasteiger partial charge in [-0.1, -0.05) is 19.1 Å². The van der Waals surface area contributed by atoms with Crippen molar-refractivity contribution in [1.29, 1.82) is 0 Å². The van der Waals surface area contributed by atoms with E-state index in [1.54, 1.807) is 42.5 Å². The van der Waals surface area contributed by atoms with Crippen LogP contribution in [-0.2, 0) is 4.79 Å². The van der Waals surface area contributed by atoms with Gasteiger partial charge in [-0.15, -0.1) is 0 Å². The molecule has 212 valence electrons. The number of rotatable bonds is 10. The zero-order chi connectivity index (χ0) is 29.0. The second kappa shape index (κ2) is 11.8. The first-order valence-electron chi connectivity index (χ1n) is 12.9. The minimum absolute atomic E-state index is 0.0258. The smallest absolute Gasteiger partial charge is 0.273 e. The number of anilines is 2. The predicted molar refractivity (Wildman–Crippen MR) is 152 cm³/mol. The molecule has 0 saturated carbocycles. The lowest BCUT2D eigenvalue weighted by molar-refractivity contribution is -0.124. The van der Waals surface area contributed by atoms with Crippen molar-refractivity contribution in [1.82, 2.24) is 9.69 Å². The number of hydrogen-bond donors (Lipinski definition) is 3. The van der Waals surface area contributed by atoms with Crippen LogP contribution >= 0.6 is 11.5 Å². The van der Waals surface area contributed by atoms with Crippen molar-refractivity contribution in [2.75, 3.05) is 30.5 Å². The lowest BCUT2D eigenvalue weighted by Gasteiger charge is -2.35. The number of nitrogens with two attached hydrogens (primary N) is 2. The fraction of sp³-hybridized carbons (Fsp3) is 0.357. The van der Waals surface area contributed by atoms with Crippen LogP contribution in [0.3, 0.4) is 0 Å². The summed E-state index contributed by atoms with van der Waals surface area (Å²) in [6, 6.07) is 10.8. The predicted octanol–water partition coefficient (Wildman–Crippen LogP) is 3.69. The molecule has 12 heteroatoms. The van der Waals surface area contributed by atoms with E-state index in [2.05, 4.69) is 9.69 Å². The number of benzene rings is 2. The number of primary amides is 1. The quantitative estimate of drug-likeness (QED) is 0.335. The number of amides is 3. The van der Waals surface area contributed by atoms with Gasteiger partial charge in [-0.25, -0.2) is 0 Å². The molecular formula is C28H33N5O6S. The first kappa shape index (κ1) is 28.7. The number of carbonyl (C=O) groups excluding carboxylic acids is 3. The molecule has 1 aromatic heterocycles. The second-order valence-corrected chi connectivity index (χ2v) is 10.5. The number of ether oxygens (including phenoxy) is 3. The van der Waals surface area contributed by atoms with Gasteiger partial charge in [0.1, 0.15) is 29.9 Å². The fourth-order valence-electron chi connectivity index (χ4n) is 4.12. The molecule has 1 aliphatic heterocycles. The first-order valence-corrected chi connectivity index (χ1v) is 13.7. The summed E-state index contributed by atoms with van der Waals surface area (Å²) in [6.07, 6.45) is 0.649. The fourth-order valence-corrected chi connectivity index (χ4v) is 4.87. The summed E-state index contributed by atoms with van der Waals surface area (Å²) in [4.78, 5) is 41.5. The molecule has 40 heavy (non-hydrogen) atoms. The Bertz CT molecular complexity index is 1400. The van der Waals surface area contributed by atoms with Gasteiger partial charge in [0, 0.05) is 17.3 Å². The topological polar surface area (TPSA) is 159 Å². The van der Waals surface area contributed by atoms with Gasteiger partial charge in [0.2, 0.25) is 5.91 Å². The van der Waals surface area contributed by atoms with Gasteiger partial charge in [0.05, 0.1) is 12.3 Å². The van der Waals surface area contributed by atoms with Crippen molar-refractivity contribution in [2.24, 2.45) is 5.73 Å². The summed E-state index contributed by atoms with van der Waals surface area (Å²) in [6.45, 7) is 8.83. The Labute approximate surface area is 236 Å². The number of carbonyl (C=O) groups is 3. The maximum Gasteiger partial charge on any atom is 0.273 e. The van der Waals surface area contributed by atoms with Crippen LogP contribution in [0.4, 0.5) is 11.4 Å². The van der Waals surface area contributed by atoms with Crippen molar-refractivity contribution in [3.8, 4) is 17.2 Å². The van der Waals surface area contributed by atoms with Gasteiger partial charge in [-0.2, -0.15) is 4.37 Å². The zero-order valence-electron chi connectivity index (χ0n) is 22.9. The van der Waals surface area contributed by atoms with Gasteiger partial charge in [0.25, 0.3) is 11.8 Å². The van der Waals surface area contributed by atoms with Crippen molar-refractivity contribution in [3.63, 3.8) is 0 Å². The van der Waals surface area contributed by atoms with Gasteiger partial charge in [0.15, 0.2) is 17.2 Å². The number of hydrogen-bond acceptors (Lipinski definition) is 9. The van der Waals surface area contributed by atoms with Gasteiger partial charge >= 0.3 is 0 Å². The number of aromatic nitrogens is 1. The van der Waals surface area contributed by atoms with Crippen molar-refractivity contribution in [3.05, 3.63) is 58.6 Å². The standard InChI is InChI=1S/C28H33N5O6S/c1-5-28(3,4)31-26(35)23(16-7-10-18(11-8-16)37-6-2)33(17-9-12-19-20(15-17)39-14-13-38-19)27(36)24-21(29)22(25(30)34)32-40-24/h7-12,15,23H,5-6,13-14,29H2,1-4H3,(H2,30,34)(H,31,35)/t23-/m0/s1. The summed E-state index contributed by atoms with van der Waals surface area (Å²) in [5.41, 5.74) is 11.5. The van der Waals surface area contributed by atoms with E-state index < -0.39 is 29.3 Å². The minimum atomic E-state index is -1.14. The molecule has 5 N–H and O–H groups in total. The van der Waals surface area contributed by atoms with Gasteiger partial charge in [-0.3, -0.25) is 19.3 Å². The van der Waals surface area contributed by atoms with E-state index in [-0.39, 0.29) is 16.3 Å². The Balaban J connectivity index is 1.90. The molecule has 2 aromatic carbocycles. The van der Waals surface area contributed by atoms with E-state index in [1.807, 2.05) is 27.7 Å². The maximum absolute atomic E-state index is 14.3. The lowest BCUT2D eigenvalue weighted by Crippen LogP contribution is -2.50. The molecule has 3 amide bonds. The molecule has 0 bridgehead atoms. The van der Waals surface area contributed by atoms with Crippen LogP contribution in [0.5, 0.6) is 17.2 Å². The highest BCUT2D eigenvalue weighted by Gasteiger charge is 2.38. The normalized spacial score (nSPS) is 13.3. The number of nitrogens with one attached hydrogen (secondary N) is 1. The number of nitrogens with zero attached hydrogens (tertiary/aromatic N) is 2. The zero-order valence-corrected chi connectivity index (χ0v) is 23.7. The third-order valence-electron chi connectivity index (χ3n) is 6.54. The molecule has 0 unspecified atom stereocenters. The minimum Gasteiger partial charge on any atom is -0.494 e. The van der Waals surface area contributed by atoms with E-state index in [4.69, 9.17) is 25.7 Å². The molecule has 1 atom stereocenters. The maximum atomic E-state index is 14.3. The van der Waals surface area contributed by atoms with Crippen LogP contribution in [0.15, 0.2) is 42.5 Å². The van der Waals surface area contributed by atoms with Crippen molar-refractivity contribution >= 4 is 40.6 Å². The lowest BCUT2D eigenvalue weighted by atomic mass is 9.98. The average Bonchev–Trinajstić information content (AvgIpc) is 3.33. The van der Waals surface area contributed by atoms with Crippen LogP contribution in [0, 0.1) is 0 Å². The third-order valence-corrected chi connectivity index (χ3v) is 7.39. The molecule has 3 aromatic rings. The van der Waals surface area contributed by atoms with Crippen molar-refractivity contribution in [2.45, 2.75) is 45.7 Å². The Kier molecular flexibility index (Phi) is 8.48. The first-order chi connectivity index (χ1) is 19.1. The van der Waals surface area contributed by atoms with Crippen molar-refractivity contribution < 1.29 is 28.6 Å². The Morgan fingerprint density at radius 1 is 1.10 bits per heavy atom. The molecule has 0 radical (unpaired) electrons. The summed E-state index contributed by atoms with van der Waals surface area (Å²) in [5.74, 6) is -0.347. The van der Waals surface area contributed by atoms with Crippen LogP contribution in [0.25, 0.3) is 0 Å². The van der Waals surface area contributed by atoms with Crippen LogP contribution in [0.1, 0.15) is 65.9 Å². The van der Waals surface area contributed by atoms with Crippen LogP contribution in [-0.4, -0.2) is 47.5 Å². The molecular weight excluding hydrogens is 534 g/mol. The molecule has 2 heterocycles. The number of nitrogen functional groups attached to an aromatic ring is 1. The van der Waals surface area contributed by atoms with Crippen LogP contribution < -0.4 is 35.9 Å². The number of fused-ring (bicyclic) bond motifs is 1. The SMILES string of the molecule is CCOc1ccc([C@@H](C(=O)NC(C)(C)CC)N(C(=O)c2snc(C(N)=O)c2N)c2ccc3c(c2)OCCO3)cc1. The molecule has 0 saturated heterocycles. The van der Waals surface area contributed by atoms with E-state index >= 15 is 0 Å². The van der Waals surface area contributed by atoms with E-state index in [0.717, 1.165) is 11.5 Å².